The number of aliphatic imine (C=N–C) groups is 1. The molecule has 0 amide bonds. The third-order valence-electron chi connectivity index (χ3n) is 5.68. The van der Waals surface area contributed by atoms with Gasteiger partial charge >= 0.3 is 0 Å². The van der Waals surface area contributed by atoms with E-state index < -0.39 is 0 Å². The zero-order valence-corrected chi connectivity index (χ0v) is 20.6. The van der Waals surface area contributed by atoms with Crippen molar-refractivity contribution in [3.05, 3.63) is 59.9 Å². The van der Waals surface area contributed by atoms with Gasteiger partial charge in [0.15, 0.2) is 5.96 Å². The fourth-order valence-corrected chi connectivity index (χ4v) is 3.84. The van der Waals surface area contributed by atoms with Crippen molar-refractivity contribution in [1.29, 1.82) is 0 Å². The van der Waals surface area contributed by atoms with Gasteiger partial charge in [0.2, 0.25) is 0 Å². The van der Waals surface area contributed by atoms with E-state index in [1.807, 2.05) is 13.2 Å². The molecule has 1 aromatic carbocycles. The van der Waals surface area contributed by atoms with E-state index in [4.69, 9.17) is 0 Å². The van der Waals surface area contributed by atoms with E-state index in [2.05, 4.69) is 85.0 Å². The maximum atomic E-state index is 4.57. The van der Waals surface area contributed by atoms with Crippen LogP contribution in [0.4, 0.5) is 5.82 Å². The zero-order chi connectivity index (χ0) is 20.8. The Morgan fingerprint density at radius 2 is 1.94 bits per heavy atom. The SMILES string of the molecule is CN=C(NCCc1c[nH]c2ccccc12)NCc1ccnc(N2CCN(C)CC2)c1.I. The quantitative estimate of drug-likeness (QED) is 0.258. The predicted molar refractivity (Wildman–Crippen MR) is 140 cm³/mol. The molecule has 0 atom stereocenters. The Morgan fingerprint density at radius 3 is 2.74 bits per heavy atom. The highest BCUT2D eigenvalue weighted by Crippen LogP contribution is 2.18. The van der Waals surface area contributed by atoms with E-state index in [1.54, 1.807) is 0 Å². The normalized spacial score (nSPS) is 15.0. The van der Waals surface area contributed by atoms with Crippen LogP contribution in [-0.4, -0.2) is 67.6 Å². The van der Waals surface area contributed by atoms with E-state index in [1.165, 1.54) is 22.0 Å². The predicted octanol–water partition coefficient (Wildman–Crippen LogP) is 2.84. The average molecular weight is 533 g/mol. The highest BCUT2D eigenvalue weighted by Gasteiger charge is 2.15. The maximum Gasteiger partial charge on any atom is 0.191 e. The standard InChI is InChI=1S/C23H31N7.HI/c1-24-23(26-10-8-19-17-27-21-6-4-3-5-20(19)21)28-16-18-7-9-25-22(15-18)30-13-11-29(2)12-14-30;/h3-7,9,15,17,27H,8,10-14,16H2,1-2H3,(H2,24,26,28);1H. The number of aromatic nitrogens is 2. The molecule has 0 spiro atoms. The molecule has 1 fully saturated rings. The molecule has 0 radical (unpaired) electrons. The smallest absolute Gasteiger partial charge is 0.191 e. The lowest BCUT2D eigenvalue weighted by atomic mass is 10.1. The number of piperazine rings is 1. The summed E-state index contributed by atoms with van der Waals surface area (Å²) in [5, 5.41) is 8.12. The number of aromatic amines is 1. The van der Waals surface area contributed by atoms with Crippen LogP contribution in [0.2, 0.25) is 0 Å². The fraction of sp³-hybridized carbons (Fsp3) is 0.391. The van der Waals surface area contributed by atoms with Gasteiger partial charge in [-0.15, -0.1) is 24.0 Å². The number of benzene rings is 1. The van der Waals surface area contributed by atoms with Gasteiger partial charge in [-0.2, -0.15) is 0 Å². The molecule has 0 bridgehead atoms. The van der Waals surface area contributed by atoms with Crippen LogP contribution in [0.3, 0.4) is 0 Å². The average Bonchev–Trinajstić information content (AvgIpc) is 3.20. The van der Waals surface area contributed by atoms with Crippen LogP contribution in [0.25, 0.3) is 10.9 Å². The molecule has 0 aliphatic carbocycles. The molecule has 1 aliphatic heterocycles. The van der Waals surface area contributed by atoms with Crippen LogP contribution in [-0.2, 0) is 13.0 Å². The second-order valence-corrected chi connectivity index (χ2v) is 7.77. The van der Waals surface area contributed by atoms with Gasteiger partial charge < -0.3 is 25.4 Å². The van der Waals surface area contributed by atoms with Gasteiger partial charge in [-0.05, 0) is 42.8 Å². The summed E-state index contributed by atoms with van der Waals surface area (Å²) < 4.78 is 0. The van der Waals surface area contributed by atoms with Crippen LogP contribution in [0, 0.1) is 0 Å². The number of likely N-dealkylation sites (N-methyl/N-ethyl adjacent to an activating group) is 1. The Morgan fingerprint density at radius 1 is 1.13 bits per heavy atom. The Labute approximate surface area is 201 Å². The first-order valence-electron chi connectivity index (χ1n) is 10.6. The van der Waals surface area contributed by atoms with E-state index in [0.29, 0.717) is 0 Å². The molecule has 0 saturated carbocycles. The lowest BCUT2D eigenvalue weighted by molar-refractivity contribution is 0.312. The molecule has 3 N–H and O–H groups in total. The topological polar surface area (TPSA) is 71.6 Å². The monoisotopic (exact) mass is 533 g/mol. The number of guanidine groups is 1. The number of rotatable bonds is 6. The summed E-state index contributed by atoms with van der Waals surface area (Å²) in [6.07, 6.45) is 4.94. The van der Waals surface area contributed by atoms with Crippen molar-refractivity contribution < 1.29 is 0 Å². The fourth-order valence-electron chi connectivity index (χ4n) is 3.84. The minimum Gasteiger partial charge on any atom is -0.361 e. The van der Waals surface area contributed by atoms with Gasteiger partial charge in [0.05, 0.1) is 0 Å². The van der Waals surface area contributed by atoms with Crippen molar-refractivity contribution in [3.8, 4) is 0 Å². The Hall–Kier alpha value is -2.33. The summed E-state index contributed by atoms with van der Waals surface area (Å²) >= 11 is 0. The summed E-state index contributed by atoms with van der Waals surface area (Å²) in [6, 6.07) is 12.6. The summed E-state index contributed by atoms with van der Waals surface area (Å²) in [5.41, 5.74) is 3.71. The van der Waals surface area contributed by atoms with Crippen LogP contribution >= 0.6 is 24.0 Å². The number of hydrogen-bond acceptors (Lipinski definition) is 4. The number of pyridine rings is 1. The van der Waals surface area contributed by atoms with Gasteiger partial charge in [0, 0.05) is 69.6 Å². The number of anilines is 1. The highest BCUT2D eigenvalue weighted by atomic mass is 127. The van der Waals surface area contributed by atoms with Crippen molar-refractivity contribution in [2.45, 2.75) is 13.0 Å². The Balaban J connectivity index is 0.00000272. The van der Waals surface area contributed by atoms with E-state index in [0.717, 1.165) is 57.5 Å². The van der Waals surface area contributed by atoms with Gasteiger partial charge in [-0.25, -0.2) is 4.98 Å². The van der Waals surface area contributed by atoms with Crippen LogP contribution in [0.15, 0.2) is 53.8 Å². The molecule has 1 aliphatic rings. The molecular weight excluding hydrogens is 501 g/mol. The van der Waals surface area contributed by atoms with Crippen molar-refractivity contribution >= 4 is 46.7 Å². The lowest BCUT2D eigenvalue weighted by Crippen LogP contribution is -2.44. The lowest BCUT2D eigenvalue weighted by Gasteiger charge is -2.33. The summed E-state index contributed by atoms with van der Waals surface area (Å²) in [4.78, 5) is 17.0. The largest absolute Gasteiger partial charge is 0.361 e. The van der Waals surface area contributed by atoms with Gasteiger partial charge in [0.1, 0.15) is 5.82 Å². The van der Waals surface area contributed by atoms with Crippen LogP contribution in [0.5, 0.6) is 0 Å². The molecule has 0 unspecified atom stereocenters. The highest BCUT2D eigenvalue weighted by molar-refractivity contribution is 14.0. The van der Waals surface area contributed by atoms with Gasteiger partial charge in [0.25, 0.3) is 0 Å². The van der Waals surface area contributed by atoms with E-state index >= 15 is 0 Å². The number of para-hydroxylation sites is 1. The first-order valence-corrected chi connectivity index (χ1v) is 10.6. The number of nitrogens with zero attached hydrogens (tertiary/aromatic N) is 4. The third-order valence-corrected chi connectivity index (χ3v) is 5.68. The number of H-pyrrole nitrogens is 1. The number of hydrogen-bond donors (Lipinski definition) is 3. The Bertz CT molecular complexity index is 992. The Kier molecular flexibility index (Phi) is 8.53. The minimum absolute atomic E-state index is 0. The van der Waals surface area contributed by atoms with Gasteiger partial charge in [-0.3, -0.25) is 4.99 Å². The summed E-state index contributed by atoms with van der Waals surface area (Å²) in [5.74, 6) is 1.87. The van der Waals surface area contributed by atoms with Gasteiger partial charge in [-0.1, -0.05) is 18.2 Å². The molecule has 2 aromatic heterocycles. The third kappa shape index (κ3) is 6.10. The van der Waals surface area contributed by atoms with Crippen molar-refractivity contribution in [3.63, 3.8) is 0 Å². The minimum atomic E-state index is 0. The van der Waals surface area contributed by atoms with Crippen LogP contribution in [0.1, 0.15) is 11.1 Å². The molecule has 3 heterocycles. The molecule has 3 aromatic rings. The van der Waals surface area contributed by atoms with Crippen molar-refractivity contribution in [2.75, 3.05) is 51.7 Å². The summed E-state index contributed by atoms with van der Waals surface area (Å²) in [7, 11) is 3.98. The van der Waals surface area contributed by atoms with E-state index in [-0.39, 0.29) is 24.0 Å². The molecule has 166 valence electrons. The molecule has 4 rings (SSSR count). The molecule has 1 saturated heterocycles. The summed E-state index contributed by atoms with van der Waals surface area (Å²) in [6.45, 7) is 5.75. The molecular formula is C23H32IN7. The number of nitrogens with one attached hydrogen (secondary N) is 3. The van der Waals surface area contributed by atoms with Crippen molar-refractivity contribution in [1.82, 2.24) is 25.5 Å². The molecule has 8 heteroatoms. The number of fused-ring (bicyclic) bond motifs is 1. The first kappa shape index (κ1) is 23.3. The first-order chi connectivity index (χ1) is 14.7. The second-order valence-electron chi connectivity index (χ2n) is 7.77. The van der Waals surface area contributed by atoms with E-state index in [9.17, 15) is 0 Å². The van der Waals surface area contributed by atoms with Crippen LogP contribution < -0.4 is 15.5 Å². The zero-order valence-electron chi connectivity index (χ0n) is 18.3. The second kappa shape index (κ2) is 11.3. The number of halogens is 1. The van der Waals surface area contributed by atoms with Crippen molar-refractivity contribution in [2.24, 2.45) is 4.99 Å². The molecule has 7 nitrogen and oxygen atoms in total. The maximum absolute atomic E-state index is 4.57. The molecule has 31 heavy (non-hydrogen) atoms.